The van der Waals surface area contributed by atoms with Crippen molar-refractivity contribution in [1.29, 1.82) is 0 Å². The number of anilines is 1. The van der Waals surface area contributed by atoms with Crippen LogP contribution in [-0.4, -0.2) is 19.4 Å². The lowest BCUT2D eigenvalue weighted by Gasteiger charge is -2.11. The predicted octanol–water partition coefficient (Wildman–Crippen LogP) is 3.86. The number of aryl methyl sites for hydroxylation is 1. The maximum atomic E-state index is 12.4. The van der Waals surface area contributed by atoms with Crippen molar-refractivity contribution in [3.05, 3.63) is 83.3 Å². The fourth-order valence-electron chi connectivity index (χ4n) is 2.68. The first-order valence-corrected chi connectivity index (χ1v) is 11.6. The molecule has 1 aromatic heterocycles. The molecule has 2 aromatic carbocycles. The zero-order valence-corrected chi connectivity index (χ0v) is 18.7. The number of halogens is 1. The van der Waals surface area contributed by atoms with Crippen molar-refractivity contribution in [2.24, 2.45) is 0 Å². The first-order chi connectivity index (χ1) is 14.8. The van der Waals surface area contributed by atoms with Crippen LogP contribution in [0.3, 0.4) is 0 Å². The second-order valence-corrected chi connectivity index (χ2v) is 9.10. The van der Waals surface area contributed by atoms with Crippen molar-refractivity contribution in [2.75, 3.05) is 5.32 Å². The molecule has 7 nitrogen and oxygen atoms in total. The molecule has 0 saturated heterocycles. The Morgan fingerprint density at radius 1 is 1.03 bits per heavy atom. The van der Waals surface area contributed by atoms with Crippen LogP contribution >= 0.6 is 23.8 Å². The number of nitrogens with one attached hydrogen (secondary N) is 3. The number of carbonyl (C=O) groups excluding carboxylic acids is 1. The summed E-state index contributed by atoms with van der Waals surface area (Å²) in [6.07, 6.45) is 2.19. The molecule has 31 heavy (non-hydrogen) atoms. The van der Waals surface area contributed by atoms with Crippen molar-refractivity contribution >= 4 is 50.5 Å². The van der Waals surface area contributed by atoms with E-state index in [4.69, 9.17) is 28.2 Å². The van der Waals surface area contributed by atoms with Crippen LogP contribution in [0.5, 0.6) is 0 Å². The van der Waals surface area contributed by atoms with Gasteiger partial charge in [-0.1, -0.05) is 29.8 Å². The summed E-state index contributed by atoms with van der Waals surface area (Å²) in [6, 6.07) is 16.7. The third-order valence-electron chi connectivity index (χ3n) is 4.27. The van der Waals surface area contributed by atoms with Gasteiger partial charge in [-0.15, -0.1) is 0 Å². The van der Waals surface area contributed by atoms with Crippen LogP contribution in [0, 0.1) is 0 Å². The molecule has 0 radical (unpaired) electrons. The van der Waals surface area contributed by atoms with Crippen LogP contribution in [-0.2, 0) is 27.8 Å². The normalized spacial score (nSPS) is 11.1. The summed E-state index contributed by atoms with van der Waals surface area (Å²) in [6.45, 7) is 0.0552. The molecule has 1 heterocycles. The Balaban J connectivity index is 1.49. The van der Waals surface area contributed by atoms with Crippen LogP contribution in [0.1, 0.15) is 17.7 Å². The van der Waals surface area contributed by atoms with Crippen LogP contribution in [0.25, 0.3) is 0 Å². The standard InChI is InChI=1S/C21H20ClN3O4S2/c22-19-6-2-1-4-15(19)7-12-20(26)25-21(30)24-16-8-10-18(11-9-16)31(27,28)23-14-17-5-3-13-29-17/h1-6,8-11,13,23H,7,12,14H2,(H2,24,25,26,30). The van der Waals surface area contributed by atoms with Gasteiger partial charge in [-0.3, -0.25) is 4.79 Å². The van der Waals surface area contributed by atoms with Gasteiger partial charge >= 0.3 is 0 Å². The summed E-state index contributed by atoms with van der Waals surface area (Å²) in [4.78, 5) is 12.2. The predicted molar refractivity (Wildman–Crippen MR) is 123 cm³/mol. The highest BCUT2D eigenvalue weighted by Crippen LogP contribution is 2.17. The molecule has 3 aromatic rings. The van der Waals surface area contributed by atoms with Gasteiger partial charge < -0.3 is 15.1 Å². The molecule has 0 saturated carbocycles. The van der Waals surface area contributed by atoms with Crippen molar-refractivity contribution in [2.45, 2.75) is 24.3 Å². The topological polar surface area (TPSA) is 100 Å². The Morgan fingerprint density at radius 2 is 1.77 bits per heavy atom. The molecule has 1 amide bonds. The third kappa shape index (κ3) is 6.90. The number of carbonyl (C=O) groups is 1. The zero-order chi connectivity index (χ0) is 22.3. The summed E-state index contributed by atoms with van der Waals surface area (Å²) in [5.74, 6) is 0.260. The van der Waals surface area contributed by atoms with E-state index in [1.807, 2.05) is 18.2 Å². The lowest BCUT2D eigenvalue weighted by atomic mass is 10.1. The van der Waals surface area contributed by atoms with Gasteiger partial charge in [0.15, 0.2) is 5.11 Å². The number of furan rings is 1. The van der Waals surface area contributed by atoms with Gasteiger partial charge in [-0.2, -0.15) is 0 Å². The molecule has 3 N–H and O–H groups in total. The number of amides is 1. The van der Waals surface area contributed by atoms with E-state index in [2.05, 4.69) is 15.4 Å². The molecule has 0 bridgehead atoms. The first kappa shape index (κ1) is 23.0. The fraction of sp³-hybridized carbons (Fsp3) is 0.143. The number of sulfonamides is 1. The minimum Gasteiger partial charge on any atom is -0.468 e. The summed E-state index contributed by atoms with van der Waals surface area (Å²) in [5, 5.41) is 6.19. The third-order valence-corrected chi connectivity index (χ3v) is 6.26. The van der Waals surface area contributed by atoms with Crippen LogP contribution in [0.4, 0.5) is 5.69 Å². The highest BCUT2D eigenvalue weighted by atomic mass is 35.5. The summed E-state index contributed by atoms with van der Waals surface area (Å²) in [7, 11) is -3.69. The fourth-order valence-corrected chi connectivity index (χ4v) is 4.14. The smallest absolute Gasteiger partial charge is 0.240 e. The van der Waals surface area contributed by atoms with E-state index in [1.54, 1.807) is 30.3 Å². The molecule has 0 fully saturated rings. The average Bonchev–Trinajstić information content (AvgIpc) is 3.26. The largest absolute Gasteiger partial charge is 0.468 e. The number of hydrogen-bond donors (Lipinski definition) is 3. The van der Waals surface area contributed by atoms with E-state index in [0.717, 1.165) is 5.56 Å². The summed E-state index contributed by atoms with van der Waals surface area (Å²) >= 11 is 11.2. The lowest BCUT2D eigenvalue weighted by molar-refractivity contribution is -0.119. The highest BCUT2D eigenvalue weighted by Gasteiger charge is 2.14. The van der Waals surface area contributed by atoms with E-state index < -0.39 is 10.0 Å². The second-order valence-electron chi connectivity index (χ2n) is 6.52. The molecular formula is C21H20ClN3O4S2. The van der Waals surface area contributed by atoms with Crippen molar-refractivity contribution in [3.63, 3.8) is 0 Å². The zero-order valence-electron chi connectivity index (χ0n) is 16.3. The van der Waals surface area contributed by atoms with Gasteiger partial charge in [0, 0.05) is 17.1 Å². The monoisotopic (exact) mass is 477 g/mol. The van der Waals surface area contributed by atoms with Gasteiger partial charge in [-0.25, -0.2) is 13.1 Å². The second kappa shape index (κ2) is 10.5. The van der Waals surface area contributed by atoms with E-state index in [0.29, 0.717) is 22.9 Å². The lowest BCUT2D eigenvalue weighted by Crippen LogP contribution is -2.34. The van der Waals surface area contributed by atoms with E-state index in [9.17, 15) is 13.2 Å². The highest BCUT2D eigenvalue weighted by molar-refractivity contribution is 7.89. The van der Waals surface area contributed by atoms with Gasteiger partial charge in [0.1, 0.15) is 5.76 Å². The van der Waals surface area contributed by atoms with Gasteiger partial charge in [-0.05, 0) is 66.7 Å². The van der Waals surface area contributed by atoms with Gasteiger partial charge in [0.2, 0.25) is 15.9 Å². The van der Waals surface area contributed by atoms with Crippen LogP contribution < -0.4 is 15.4 Å². The minimum absolute atomic E-state index is 0.0552. The molecule has 0 spiro atoms. The van der Waals surface area contributed by atoms with Crippen molar-refractivity contribution < 1.29 is 17.6 Å². The molecule has 10 heteroatoms. The Hall–Kier alpha value is -2.72. The molecule has 0 aliphatic heterocycles. The quantitative estimate of drug-likeness (QED) is 0.426. The first-order valence-electron chi connectivity index (χ1n) is 9.30. The number of thiocarbonyl (C=S) groups is 1. The number of benzene rings is 2. The van der Waals surface area contributed by atoms with Gasteiger partial charge in [0.25, 0.3) is 0 Å². The maximum Gasteiger partial charge on any atom is 0.240 e. The summed E-state index contributed by atoms with van der Waals surface area (Å²) < 4.78 is 32.3. The molecule has 3 rings (SSSR count). The molecule has 0 unspecified atom stereocenters. The maximum absolute atomic E-state index is 12.4. The molecule has 0 aliphatic carbocycles. The number of rotatable bonds is 8. The van der Waals surface area contributed by atoms with Crippen molar-refractivity contribution in [1.82, 2.24) is 10.0 Å². The minimum atomic E-state index is -3.69. The molecule has 162 valence electrons. The molecular weight excluding hydrogens is 458 g/mol. The Labute approximate surface area is 190 Å². The van der Waals surface area contributed by atoms with E-state index >= 15 is 0 Å². The summed E-state index contributed by atoms with van der Waals surface area (Å²) in [5.41, 5.74) is 1.43. The molecule has 0 atom stereocenters. The van der Waals surface area contributed by atoms with Crippen LogP contribution in [0.15, 0.2) is 76.2 Å². The Morgan fingerprint density at radius 3 is 2.45 bits per heavy atom. The Kier molecular flexibility index (Phi) is 7.80. The molecule has 0 aliphatic rings. The number of hydrogen-bond acceptors (Lipinski definition) is 5. The van der Waals surface area contributed by atoms with Crippen molar-refractivity contribution in [3.8, 4) is 0 Å². The average molecular weight is 478 g/mol. The van der Waals surface area contributed by atoms with Crippen LogP contribution in [0.2, 0.25) is 5.02 Å². The van der Waals surface area contributed by atoms with E-state index in [-0.39, 0.29) is 28.9 Å². The van der Waals surface area contributed by atoms with E-state index in [1.165, 1.54) is 18.4 Å². The Bertz CT molecular complexity index is 1150. The van der Waals surface area contributed by atoms with Gasteiger partial charge in [0.05, 0.1) is 17.7 Å². The SMILES string of the molecule is O=C(CCc1ccccc1Cl)NC(=S)Nc1ccc(S(=O)(=O)NCc2ccco2)cc1.